The zero-order valence-corrected chi connectivity index (χ0v) is 5.74. The molecule has 0 aromatic heterocycles. The minimum atomic E-state index is -2.77. The van der Waals surface area contributed by atoms with Gasteiger partial charge in [-0.05, 0) is 24.3 Å². The van der Waals surface area contributed by atoms with Crippen molar-refractivity contribution < 1.29 is 13.0 Å². The van der Waals surface area contributed by atoms with Crippen LogP contribution in [0, 0.1) is 0 Å². The maximum atomic E-state index is 10.4. The summed E-state index contributed by atoms with van der Waals surface area (Å²) in [5.41, 5.74) is 0.375. The van der Waals surface area contributed by atoms with Gasteiger partial charge in [-0.15, -0.1) is 0 Å². The molecule has 11 heavy (non-hydrogen) atoms. The van der Waals surface area contributed by atoms with E-state index in [0.29, 0.717) is 16.7 Å². The Labute approximate surface area is 74.9 Å². The summed E-state index contributed by atoms with van der Waals surface area (Å²) in [6, 6.07) is 5.32. The van der Waals surface area contributed by atoms with E-state index in [9.17, 15) is 4.79 Å². The number of nitrogens with zero attached hydrogens (tertiary/aromatic N) is 1. The first-order valence-corrected chi connectivity index (χ1v) is 3.02. The third-order valence-corrected chi connectivity index (χ3v) is 1.29. The Morgan fingerprint density at radius 2 is 2.00 bits per heavy atom. The van der Waals surface area contributed by atoms with Crippen molar-refractivity contribution in [3.05, 3.63) is 29.8 Å². The van der Waals surface area contributed by atoms with Crippen LogP contribution in [0.25, 0.3) is 0 Å². The number of hydrogen-bond donors (Lipinski definition) is 0. The minimum Gasteiger partial charge on any atom is -0.378 e. The van der Waals surface area contributed by atoms with E-state index >= 15 is 0 Å². The first kappa shape index (κ1) is 2.97. The molecular weight excluding hydrogens is 138 g/mol. The van der Waals surface area contributed by atoms with Crippen LogP contribution in [0.1, 0.15) is 18.6 Å². The number of carbonyl (C=O) groups is 1. The molecule has 2 nitrogen and oxygen atoms in total. The average molecular weight is 155 g/mol. The maximum absolute atomic E-state index is 10.4. The van der Waals surface area contributed by atoms with Gasteiger partial charge in [-0.1, -0.05) is 0 Å². The molecule has 0 spiro atoms. The fourth-order valence-electron chi connectivity index (χ4n) is 0.702. The second-order valence-electron chi connectivity index (χ2n) is 2.04. The zero-order chi connectivity index (χ0) is 13.3. The Morgan fingerprint density at radius 3 is 2.45 bits per heavy atom. The van der Waals surface area contributed by atoms with Crippen LogP contribution in [0.3, 0.4) is 0 Å². The number of aldehydes is 1. The monoisotopic (exact) mass is 155 g/mol. The number of anilines is 1. The first-order valence-electron chi connectivity index (χ1n) is 6.02. The molecule has 0 radical (unpaired) electrons. The van der Waals surface area contributed by atoms with Crippen LogP contribution in [0.2, 0.25) is 0 Å². The van der Waals surface area contributed by atoms with Crippen molar-refractivity contribution in [2.45, 2.75) is 0 Å². The van der Waals surface area contributed by atoms with Crippen molar-refractivity contribution in [2.24, 2.45) is 0 Å². The molecule has 0 saturated carbocycles. The largest absolute Gasteiger partial charge is 0.378 e. The normalized spacial score (nSPS) is 19.6. The molecular formula is C9H11NO. The molecule has 0 saturated heterocycles. The summed E-state index contributed by atoms with van der Waals surface area (Å²) in [4.78, 5) is 10.8. The van der Waals surface area contributed by atoms with E-state index in [0.717, 1.165) is 0 Å². The highest BCUT2D eigenvalue weighted by Crippen LogP contribution is 2.10. The van der Waals surface area contributed by atoms with E-state index in [1.165, 1.54) is 24.3 Å². The SMILES string of the molecule is [2H]C([2H])([2H])N(c1ccc(C=O)cc1)C([2H])([2H])[2H]. The topological polar surface area (TPSA) is 20.3 Å². The van der Waals surface area contributed by atoms with Crippen molar-refractivity contribution >= 4 is 12.0 Å². The Balaban J connectivity index is 3.19. The smallest absolute Gasteiger partial charge is 0.150 e. The second kappa shape index (κ2) is 3.19. The van der Waals surface area contributed by atoms with E-state index in [2.05, 4.69) is 0 Å². The van der Waals surface area contributed by atoms with Gasteiger partial charge in [0.2, 0.25) is 0 Å². The number of hydrogen-bond acceptors (Lipinski definition) is 2. The Kier molecular flexibility index (Phi) is 0.862. The molecule has 0 heterocycles. The van der Waals surface area contributed by atoms with E-state index in [-0.39, 0.29) is 5.69 Å². The third kappa shape index (κ3) is 1.80. The van der Waals surface area contributed by atoms with E-state index in [1.807, 2.05) is 0 Å². The summed E-state index contributed by atoms with van der Waals surface area (Å²) < 4.78 is 43.3. The standard InChI is InChI=1S/C9H11NO/c1-10(2)9-5-3-8(7-11)4-6-9/h3-7H,1-2H3/i1D3,2D3. The molecule has 1 rings (SSSR count). The summed E-state index contributed by atoms with van der Waals surface area (Å²) in [7, 11) is 0. The quantitative estimate of drug-likeness (QED) is 0.604. The Bertz CT molecular complexity index is 379. The van der Waals surface area contributed by atoms with Crippen LogP contribution >= 0.6 is 0 Å². The molecule has 58 valence electrons. The zero-order valence-electron chi connectivity index (χ0n) is 11.7. The van der Waals surface area contributed by atoms with Gasteiger partial charge in [0.15, 0.2) is 0 Å². The summed E-state index contributed by atoms with van der Waals surface area (Å²) in [6.07, 6.45) is 0.596. The predicted octanol–water partition coefficient (Wildman–Crippen LogP) is 1.57. The van der Waals surface area contributed by atoms with Crippen LogP contribution in [-0.2, 0) is 0 Å². The second-order valence-corrected chi connectivity index (χ2v) is 2.04. The molecule has 0 unspecified atom stereocenters. The van der Waals surface area contributed by atoms with Crippen LogP contribution in [0.5, 0.6) is 0 Å². The summed E-state index contributed by atoms with van der Waals surface area (Å²) in [6.45, 7) is -5.54. The van der Waals surface area contributed by atoms with Crippen molar-refractivity contribution in [3.63, 3.8) is 0 Å². The third-order valence-electron chi connectivity index (χ3n) is 1.29. The number of carbonyl (C=O) groups excluding carboxylic acids is 1. The molecule has 0 aliphatic carbocycles. The highest BCUT2D eigenvalue weighted by atomic mass is 16.1. The van der Waals surface area contributed by atoms with Crippen LogP contribution in [-0.4, -0.2) is 20.2 Å². The van der Waals surface area contributed by atoms with Crippen LogP contribution < -0.4 is 4.90 Å². The lowest BCUT2D eigenvalue weighted by atomic mass is 10.2. The molecule has 2 heteroatoms. The lowest BCUT2D eigenvalue weighted by Gasteiger charge is -2.11. The lowest BCUT2D eigenvalue weighted by molar-refractivity contribution is 0.112. The molecule has 0 aliphatic rings. The molecule has 1 aromatic rings. The van der Waals surface area contributed by atoms with Crippen molar-refractivity contribution in [1.29, 1.82) is 0 Å². The van der Waals surface area contributed by atoms with Gasteiger partial charge >= 0.3 is 0 Å². The highest BCUT2D eigenvalue weighted by molar-refractivity contribution is 5.75. The van der Waals surface area contributed by atoms with Gasteiger partial charge < -0.3 is 4.90 Å². The number of rotatable bonds is 2. The van der Waals surface area contributed by atoms with E-state index < -0.39 is 14.0 Å². The summed E-state index contributed by atoms with van der Waals surface area (Å²) in [5, 5.41) is 0. The van der Waals surface area contributed by atoms with Gasteiger partial charge in [-0.2, -0.15) is 0 Å². The van der Waals surface area contributed by atoms with E-state index in [1.54, 1.807) is 0 Å². The van der Waals surface area contributed by atoms with E-state index in [4.69, 9.17) is 8.22 Å². The fraction of sp³-hybridized carbons (Fsp3) is 0.222. The molecule has 0 aliphatic heterocycles. The van der Waals surface area contributed by atoms with Crippen molar-refractivity contribution in [2.75, 3.05) is 18.9 Å². The molecule has 0 atom stereocenters. The molecule has 0 fully saturated rings. The first-order chi connectivity index (χ1) is 7.66. The van der Waals surface area contributed by atoms with Gasteiger partial charge in [-0.25, -0.2) is 0 Å². The van der Waals surface area contributed by atoms with Gasteiger partial charge in [0.05, 0.1) is 0 Å². The molecule has 0 bridgehead atoms. The predicted molar refractivity (Wildman–Crippen MR) is 46.2 cm³/mol. The number of benzene rings is 1. The molecule has 0 amide bonds. The Morgan fingerprint density at radius 1 is 1.36 bits per heavy atom. The lowest BCUT2D eigenvalue weighted by Crippen LogP contribution is -2.08. The minimum absolute atomic E-state index is 0.0237. The van der Waals surface area contributed by atoms with Gasteiger partial charge in [0.1, 0.15) is 6.29 Å². The van der Waals surface area contributed by atoms with Crippen LogP contribution in [0.15, 0.2) is 24.3 Å². The van der Waals surface area contributed by atoms with Crippen LogP contribution in [0.4, 0.5) is 5.69 Å². The molecule has 0 N–H and O–H groups in total. The van der Waals surface area contributed by atoms with Gasteiger partial charge in [-0.3, -0.25) is 4.79 Å². The average Bonchev–Trinajstić information content (AvgIpc) is 2.14. The summed E-state index contributed by atoms with van der Waals surface area (Å²) in [5.74, 6) is 0. The van der Waals surface area contributed by atoms with Crippen molar-refractivity contribution in [3.8, 4) is 0 Å². The van der Waals surface area contributed by atoms with Crippen molar-refractivity contribution in [1.82, 2.24) is 0 Å². The van der Waals surface area contributed by atoms with Gasteiger partial charge in [0.25, 0.3) is 0 Å². The Hall–Kier alpha value is -1.31. The van der Waals surface area contributed by atoms with Gasteiger partial charge in [0, 0.05) is 33.4 Å². The maximum Gasteiger partial charge on any atom is 0.150 e. The summed E-state index contributed by atoms with van der Waals surface area (Å²) >= 11 is 0. The highest BCUT2D eigenvalue weighted by Gasteiger charge is 1.93. The fourth-order valence-corrected chi connectivity index (χ4v) is 0.702. The molecule has 1 aromatic carbocycles.